The van der Waals surface area contributed by atoms with Crippen molar-refractivity contribution >= 4 is 11.9 Å². The Balaban J connectivity index is 1.78. The number of carboxylic acids is 1. The first-order valence-corrected chi connectivity index (χ1v) is 7.47. The first-order valence-electron chi connectivity index (χ1n) is 7.47. The van der Waals surface area contributed by atoms with Gasteiger partial charge in [-0.2, -0.15) is 0 Å². The van der Waals surface area contributed by atoms with Gasteiger partial charge in [0.25, 0.3) is 0 Å². The highest BCUT2D eigenvalue weighted by Gasteiger charge is 2.56. The van der Waals surface area contributed by atoms with E-state index in [4.69, 9.17) is 0 Å². The van der Waals surface area contributed by atoms with Gasteiger partial charge in [0.2, 0.25) is 5.91 Å². The molecule has 0 unspecified atom stereocenters. The first-order chi connectivity index (χ1) is 10.0. The lowest BCUT2D eigenvalue weighted by Gasteiger charge is -2.29. The van der Waals surface area contributed by atoms with Crippen LogP contribution in [0.1, 0.15) is 36.8 Å². The van der Waals surface area contributed by atoms with Gasteiger partial charge in [0.15, 0.2) is 0 Å². The minimum absolute atomic E-state index is 0.0288. The van der Waals surface area contributed by atoms with E-state index in [-0.39, 0.29) is 11.9 Å². The summed E-state index contributed by atoms with van der Waals surface area (Å²) in [4.78, 5) is 30.1. The summed E-state index contributed by atoms with van der Waals surface area (Å²) >= 11 is 0. The highest BCUT2D eigenvalue weighted by molar-refractivity contribution is 5.83. The standard InChI is InChI=1S/C16H20N2O3/c1-11-4-7-17-10-12(11)9-14(19)18-8-6-16(15(20)21)5-2-3-13(16)18/h4,7,10,13H,2-3,5-6,8-9H2,1H3,(H,20,21)/t13-,16+/m0/s1. The Bertz CT molecular complexity index is 587. The summed E-state index contributed by atoms with van der Waals surface area (Å²) in [6.45, 7) is 2.53. The Labute approximate surface area is 124 Å². The van der Waals surface area contributed by atoms with Gasteiger partial charge in [-0.3, -0.25) is 14.6 Å². The number of hydrogen-bond donors (Lipinski definition) is 1. The maximum Gasteiger partial charge on any atom is 0.311 e. The van der Waals surface area contributed by atoms with Crippen molar-refractivity contribution in [3.05, 3.63) is 29.6 Å². The van der Waals surface area contributed by atoms with Crippen molar-refractivity contribution < 1.29 is 14.7 Å². The number of aryl methyl sites for hydroxylation is 1. The Hall–Kier alpha value is -1.91. The van der Waals surface area contributed by atoms with Crippen molar-refractivity contribution in [1.29, 1.82) is 0 Å². The molecular formula is C16H20N2O3. The van der Waals surface area contributed by atoms with Crippen molar-refractivity contribution in [3.63, 3.8) is 0 Å². The third kappa shape index (κ3) is 2.20. The van der Waals surface area contributed by atoms with Crippen molar-refractivity contribution in [2.75, 3.05) is 6.54 Å². The summed E-state index contributed by atoms with van der Waals surface area (Å²) in [5, 5.41) is 9.56. The number of carbonyl (C=O) groups excluding carboxylic acids is 1. The fraction of sp³-hybridized carbons (Fsp3) is 0.562. The Kier molecular flexibility index (Phi) is 3.43. The van der Waals surface area contributed by atoms with Crippen LogP contribution >= 0.6 is 0 Å². The maximum atomic E-state index is 12.6. The summed E-state index contributed by atoms with van der Waals surface area (Å²) in [5.41, 5.74) is 1.28. The average Bonchev–Trinajstić information content (AvgIpc) is 3.00. The third-order valence-corrected chi connectivity index (χ3v) is 5.15. The summed E-state index contributed by atoms with van der Waals surface area (Å²) < 4.78 is 0. The number of carbonyl (C=O) groups is 2. The molecule has 21 heavy (non-hydrogen) atoms. The quantitative estimate of drug-likeness (QED) is 0.920. The van der Waals surface area contributed by atoms with Gasteiger partial charge >= 0.3 is 5.97 Å². The molecule has 1 aliphatic carbocycles. The molecule has 112 valence electrons. The number of nitrogens with zero attached hydrogens (tertiary/aromatic N) is 2. The van der Waals surface area contributed by atoms with Gasteiger partial charge in [-0.1, -0.05) is 6.42 Å². The van der Waals surface area contributed by atoms with Gasteiger partial charge in [-0.25, -0.2) is 0 Å². The number of aromatic nitrogens is 1. The van der Waals surface area contributed by atoms with Crippen LogP contribution in [0.3, 0.4) is 0 Å². The molecule has 1 saturated carbocycles. The number of fused-ring (bicyclic) bond motifs is 1. The molecule has 1 aliphatic heterocycles. The lowest BCUT2D eigenvalue weighted by atomic mass is 9.82. The number of hydrogen-bond acceptors (Lipinski definition) is 3. The van der Waals surface area contributed by atoms with E-state index < -0.39 is 11.4 Å². The van der Waals surface area contributed by atoms with E-state index >= 15 is 0 Å². The fourth-order valence-electron chi connectivity index (χ4n) is 3.88. The Morgan fingerprint density at radius 2 is 2.29 bits per heavy atom. The number of carboxylic acid groups (broad SMARTS) is 1. The lowest BCUT2D eigenvalue weighted by Crippen LogP contribution is -2.43. The number of rotatable bonds is 3. The van der Waals surface area contributed by atoms with Gasteiger partial charge in [0.05, 0.1) is 11.8 Å². The van der Waals surface area contributed by atoms with Crippen molar-refractivity contribution in [1.82, 2.24) is 9.88 Å². The molecule has 1 aromatic heterocycles. The van der Waals surface area contributed by atoms with Crippen LogP contribution < -0.4 is 0 Å². The Morgan fingerprint density at radius 1 is 1.48 bits per heavy atom. The van der Waals surface area contributed by atoms with Crippen LogP contribution in [0.25, 0.3) is 0 Å². The zero-order chi connectivity index (χ0) is 15.0. The molecule has 2 heterocycles. The SMILES string of the molecule is Cc1ccncc1CC(=O)N1CC[C@]2(C(=O)O)CCC[C@H]12. The zero-order valence-corrected chi connectivity index (χ0v) is 12.2. The van der Waals surface area contributed by atoms with Crippen LogP contribution in [0.4, 0.5) is 0 Å². The highest BCUT2D eigenvalue weighted by Crippen LogP contribution is 2.49. The molecule has 2 aliphatic rings. The molecule has 2 fully saturated rings. The number of pyridine rings is 1. The predicted molar refractivity (Wildman–Crippen MR) is 76.7 cm³/mol. The van der Waals surface area contributed by atoms with Crippen LogP contribution in [-0.2, 0) is 16.0 Å². The second kappa shape index (κ2) is 5.13. The van der Waals surface area contributed by atoms with E-state index in [1.165, 1.54) is 0 Å². The Morgan fingerprint density at radius 3 is 3.00 bits per heavy atom. The van der Waals surface area contributed by atoms with Crippen LogP contribution in [0.15, 0.2) is 18.5 Å². The second-order valence-corrected chi connectivity index (χ2v) is 6.19. The molecular weight excluding hydrogens is 268 g/mol. The largest absolute Gasteiger partial charge is 0.481 e. The molecule has 3 rings (SSSR count). The molecule has 1 saturated heterocycles. The molecule has 1 N–H and O–H groups in total. The number of aliphatic carboxylic acids is 1. The van der Waals surface area contributed by atoms with Gasteiger partial charge < -0.3 is 10.0 Å². The van der Waals surface area contributed by atoms with Crippen molar-refractivity contribution in [2.24, 2.45) is 5.41 Å². The number of amides is 1. The minimum Gasteiger partial charge on any atom is -0.481 e. The fourth-order valence-corrected chi connectivity index (χ4v) is 3.88. The summed E-state index contributed by atoms with van der Waals surface area (Å²) in [6, 6.07) is 1.77. The molecule has 0 spiro atoms. The molecule has 5 nitrogen and oxygen atoms in total. The monoisotopic (exact) mass is 288 g/mol. The molecule has 2 atom stereocenters. The third-order valence-electron chi connectivity index (χ3n) is 5.15. The predicted octanol–water partition coefficient (Wildman–Crippen LogP) is 1.79. The summed E-state index contributed by atoms with van der Waals surface area (Å²) in [5.74, 6) is -0.709. The van der Waals surface area contributed by atoms with Crippen LogP contribution in [0.2, 0.25) is 0 Å². The molecule has 0 aromatic carbocycles. The van der Waals surface area contributed by atoms with E-state index in [1.54, 1.807) is 17.3 Å². The van der Waals surface area contributed by atoms with Gasteiger partial charge in [-0.15, -0.1) is 0 Å². The topological polar surface area (TPSA) is 70.5 Å². The van der Waals surface area contributed by atoms with E-state index in [2.05, 4.69) is 4.98 Å². The zero-order valence-electron chi connectivity index (χ0n) is 12.2. The van der Waals surface area contributed by atoms with Crippen LogP contribution in [0.5, 0.6) is 0 Å². The van der Waals surface area contributed by atoms with Gasteiger partial charge in [0.1, 0.15) is 0 Å². The minimum atomic E-state index is -0.738. The normalized spacial score (nSPS) is 27.7. The van der Waals surface area contributed by atoms with Gasteiger partial charge in [-0.05, 0) is 43.4 Å². The van der Waals surface area contributed by atoms with Crippen LogP contribution in [0, 0.1) is 12.3 Å². The highest BCUT2D eigenvalue weighted by atomic mass is 16.4. The summed E-state index contributed by atoms with van der Waals surface area (Å²) in [7, 11) is 0. The average molecular weight is 288 g/mol. The van der Waals surface area contributed by atoms with Crippen molar-refractivity contribution in [2.45, 2.75) is 45.1 Å². The molecule has 5 heteroatoms. The van der Waals surface area contributed by atoms with Crippen molar-refractivity contribution in [3.8, 4) is 0 Å². The van der Waals surface area contributed by atoms with E-state index in [0.29, 0.717) is 25.8 Å². The number of likely N-dealkylation sites (tertiary alicyclic amines) is 1. The molecule has 1 amide bonds. The summed E-state index contributed by atoms with van der Waals surface area (Å²) in [6.07, 6.45) is 6.74. The molecule has 1 aromatic rings. The molecule has 0 radical (unpaired) electrons. The maximum absolute atomic E-state index is 12.6. The van der Waals surface area contributed by atoms with Crippen LogP contribution in [-0.4, -0.2) is 39.5 Å². The second-order valence-electron chi connectivity index (χ2n) is 6.19. The first kappa shape index (κ1) is 14.0. The smallest absolute Gasteiger partial charge is 0.311 e. The molecule has 0 bridgehead atoms. The van der Waals surface area contributed by atoms with E-state index in [0.717, 1.165) is 24.0 Å². The lowest BCUT2D eigenvalue weighted by molar-refractivity contribution is -0.150. The van der Waals surface area contributed by atoms with E-state index in [1.807, 2.05) is 13.0 Å². The van der Waals surface area contributed by atoms with Gasteiger partial charge in [0, 0.05) is 25.0 Å². The van der Waals surface area contributed by atoms with E-state index in [9.17, 15) is 14.7 Å².